The molecule has 2 heterocycles. The number of nitrogens with one attached hydrogen (secondary N) is 1. The van der Waals surface area contributed by atoms with Crippen molar-refractivity contribution in [3.8, 4) is 0 Å². The van der Waals surface area contributed by atoms with Crippen LogP contribution in [0.4, 0.5) is 0 Å². The highest BCUT2D eigenvalue weighted by Crippen LogP contribution is 2.30. The zero-order valence-electron chi connectivity index (χ0n) is 9.29. The molecule has 86 valence electrons. The highest BCUT2D eigenvalue weighted by Gasteiger charge is 2.20. The van der Waals surface area contributed by atoms with Crippen LogP contribution in [0.3, 0.4) is 0 Å². The number of halogens is 1. The number of furan rings is 2. The SMILES string of the molecule is CCc1ccc(C(NC)c2ccoc2Br)o1. The quantitative estimate of drug-likeness (QED) is 0.933. The minimum Gasteiger partial charge on any atom is -0.464 e. The number of hydrogen-bond acceptors (Lipinski definition) is 3. The van der Waals surface area contributed by atoms with Crippen LogP contribution >= 0.6 is 15.9 Å². The van der Waals surface area contributed by atoms with E-state index in [1.807, 2.05) is 25.2 Å². The number of rotatable bonds is 4. The maximum atomic E-state index is 5.74. The molecule has 0 aliphatic rings. The first-order valence-electron chi connectivity index (χ1n) is 5.25. The highest BCUT2D eigenvalue weighted by atomic mass is 79.9. The van der Waals surface area contributed by atoms with Gasteiger partial charge in [-0.15, -0.1) is 0 Å². The largest absolute Gasteiger partial charge is 0.464 e. The third-order valence-corrected chi connectivity index (χ3v) is 3.21. The van der Waals surface area contributed by atoms with Crippen LogP contribution < -0.4 is 5.32 Å². The molecular weight excluding hydrogens is 270 g/mol. The maximum Gasteiger partial charge on any atom is 0.174 e. The van der Waals surface area contributed by atoms with Gasteiger partial charge in [0.15, 0.2) is 4.67 Å². The molecule has 1 N–H and O–H groups in total. The van der Waals surface area contributed by atoms with Crippen molar-refractivity contribution in [1.82, 2.24) is 5.32 Å². The molecule has 16 heavy (non-hydrogen) atoms. The lowest BCUT2D eigenvalue weighted by Gasteiger charge is -2.12. The molecule has 2 rings (SSSR count). The molecule has 1 unspecified atom stereocenters. The van der Waals surface area contributed by atoms with Crippen molar-refractivity contribution in [2.24, 2.45) is 0 Å². The van der Waals surface area contributed by atoms with Crippen LogP contribution in [-0.4, -0.2) is 7.05 Å². The number of hydrogen-bond donors (Lipinski definition) is 1. The Bertz CT molecular complexity index is 461. The minimum atomic E-state index is 0.0217. The van der Waals surface area contributed by atoms with Crippen LogP contribution in [0.5, 0.6) is 0 Å². The van der Waals surface area contributed by atoms with Gasteiger partial charge in [-0.1, -0.05) is 6.92 Å². The molecule has 2 aromatic rings. The molecule has 0 bridgehead atoms. The third-order valence-electron chi connectivity index (χ3n) is 2.56. The summed E-state index contributed by atoms with van der Waals surface area (Å²) in [5.74, 6) is 1.90. The summed E-state index contributed by atoms with van der Waals surface area (Å²) in [6.07, 6.45) is 2.57. The lowest BCUT2D eigenvalue weighted by Crippen LogP contribution is -2.16. The molecule has 2 aromatic heterocycles. The predicted octanol–water partition coefficient (Wildman–Crippen LogP) is 3.51. The van der Waals surface area contributed by atoms with E-state index in [1.165, 1.54) is 0 Å². The molecule has 1 atom stereocenters. The fraction of sp³-hybridized carbons (Fsp3) is 0.333. The first-order valence-corrected chi connectivity index (χ1v) is 6.04. The lowest BCUT2D eigenvalue weighted by atomic mass is 10.1. The van der Waals surface area contributed by atoms with Crippen LogP contribution in [0, 0.1) is 0 Å². The standard InChI is InChI=1S/C12H14BrNO2/c1-3-8-4-5-10(16-8)11(14-2)9-6-7-15-12(9)13/h4-7,11,14H,3H2,1-2H3. The third kappa shape index (κ3) is 2.08. The summed E-state index contributed by atoms with van der Waals surface area (Å²) in [7, 11) is 1.90. The highest BCUT2D eigenvalue weighted by molar-refractivity contribution is 9.10. The van der Waals surface area contributed by atoms with Crippen LogP contribution in [0.25, 0.3) is 0 Å². The van der Waals surface area contributed by atoms with Crippen LogP contribution in [-0.2, 0) is 6.42 Å². The van der Waals surface area contributed by atoms with Gasteiger partial charge in [0.1, 0.15) is 11.5 Å². The lowest BCUT2D eigenvalue weighted by molar-refractivity contribution is 0.430. The molecular formula is C12H14BrNO2. The second-order valence-corrected chi connectivity index (χ2v) is 4.25. The van der Waals surface area contributed by atoms with E-state index in [0.29, 0.717) is 0 Å². The Balaban J connectivity index is 2.32. The molecule has 0 spiro atoms. The van der Waals surface area contributed by atoms with E-state index in [-0.39, 0.29) is 6.04 Å². The van der Waals surface area contributed by atoms with Gasteiger partial charge in [0.05, 0.1) is 12.3 Å². The Morgan fingerprint density at radius 3 is 2.69 bits per heavy atom. The van der Waals surface area contributed by atoms with E-state index >= 15 is 0 Å². The molecule has 0 saturated heterocycles. The molecule has 0 aromatic carbocycles. The first-order chi connectivity index (χ1) is 7.76. The van der Waals surface area contributed by atoms with E-state index in [9.17, 15) is 0 Å². The molecule has 4 heteroatoms. The van der Waals surface area contributed by atoms with Crippen LogP contribution in [0.15, 0.2) is 38.0 Å². The fourth-order valence-corrected chi connectivity index (χ4v) is 2.17. The Kier molecular flexibility index (Phi) is 3.51. The van der Waals surface area contributed by atoms with Gasteiger partial charge >= 0.3 is 0 Å². The summed E-state index contributed by atoms with van der Waals surface area (Å²) in [5, 5.41) is 3.22. The van der Waals surface area contributed by atoms with Gasteiger partial charge in [0.25, 0.3) is 0 Å². The van der Waals surface area contributed by atoms with Gasteiger partial charge in [-0.05, 0) is 41.2 Å². The van der Waals surface area contributed by atoms with Crippen molar-refractivity contribution in [2.75, 3.05) is 7.05 Å². The summed E-state index contributed by atoms with van der Waals surface area (Å²) < 4.78 is 11.7. The van der Waals surface area contributed by atoms with Gasteiger partial charge in [-0.3, -0.25) is 0 Å². The van der Waals surface area contributed by atoms with Gasteiger partial charge < -0.3 is 14.2 Å². The summed E-state index contributed by atoms with van der Waals surface area (Å²) in [6.45, 7) is 2.07. The van der Waals surface area contributed by atoms with E-state index in [1.54, 1.807) is 6.26 Å². The van der Waals surface area contributed by atoms with Crippen LogP contribution in [0.1, 0.15) is 30.0 Å². The average molecular weight is 284 g/mol. The molecule has 3 nitrogen and oxygen atoms in total. The summed E-state index contributed by atoms with van der Waals surface area (Å²) in [4.78, 5) is 0. The van der Waals surface area contributed by atoms with Crippen molar-refractivity contribution in [3.63, 3.8) is 0 Å². The van der Waals surface area contributed by atoms with Crippen molar-refractivity contribution < 1.29 is 8.83 Å². The second-order valence-electron chi connectivity index (χ2n) is 3.53. The van der Waals surface area contributed by atoms with Gasteiger partial charge in [-0.25, -0.2) is 0 Å². The summed E-state index contributed by atoms with van der Waals surface area (Å²) in [6, 6.07) is 5.96. The monoisotopic (exact) mass is 283 g/mol. The van der Waals surface area contributed by atoms with Crippen molar-refractivity contribution >= 4 is 15.9 Å². The molecule has 0 aliphatic heterocycles. The second kappa shape index (κ2) is 4.89. The molecule has 0 saturated carbocycles. The Hall–Kier alpha value is -1.00. The topological polar surface area (TPSA) is 38.3 Å². The van der Waals surface area contributed by atoms with Gasteiger partial charge in [-0.2, -0.15) is 0 Å². The van der Waals surface area contributed by atoms with E-state index in [2.05, 4.69) is 28.2 Å². The van der Waals surface area contributed by atoms with Crippen molar-refractivity contribution in [2.45, 2.75) is 19.4 Å². The molecule has 0 radical (unpaired) electrons. The molecule has 0 fully saturated rings. The van der Waals surface area contributed by atoms with Crippen molar-refractivity contribution in [1.29, 1.82) is 0 Å². The zero-order valence-corrected chi connectivity index (χ0v) is 10.9. The predicted molar refractivity (Wildman–Crippen MR) is 65.4 cm³/mol. The zero-order chi connectivity index (χ0) is 11.5. The fourth-order valence-electron chi connectivity index (χ4n) is 1.70. The smallest absolute Gasteiger partial charge is 0.174 e. The Morgan fingerprint density at radius 2 is 2.19 bits per heavy atom. The normalized spacial score (nSPS) is 12.9. The van der Waals surface area contributed by atoms with Gasteiger partial charge in [0.2, 0.25) is 0 Å². The van der Waals surface area contributed by atoms with Gasteiger partial charge in [0, 0.05) is 12.0 Å². The summed E-state index contributed by atoms with van der Waals surface area (Å²) in [5.41, 5.74) is 1.04. The molecule has 0 amide bonds. The number of aryl methyl sites for hydroxylation is 1. The van der Waals surface area contributed by atoms with Crippen molar-refractivity contribution in [3.05, 3.63) is 46.2 Å². The molecule has 0 aliphatic carbocycles. The summed E-state index contributed by atoms with van der Waals surface area (Å²) >= 11 is 3.38. The van der Waals surface area contributed by atoms with Crippen LogP contribution in [0.2, 0.25) is 0 Å². The van der Waals surface area contributed by atoms with E-state index in [0.717, 1.165) is 28.2 Å². The Morgan fingerprint density at radius 1 is 1.38 bits per heavy atom. The minimum absolute atomic E-state index is 0.0217. The first kappa shape index (κ1) is 11.5. The maximum absolute atomic E-state index is 5.74. The average Bonchev–Trinajstić information content (AvgIpc) is 2.90. The van der Waals surface area contributed by atoms with E-state index < -0.39 is 0 Å². The Labute approximate surface area is 103 Å². The van der Waals surface area contributed by atoms with E-state index in [4.69, 9.17) is 8.83 Å².